The Hall–Kier alpha value is -4.89. The molecule has 0 bridgehead atoms. The van der Waals surface area contributed by atoms with E-state index in [-0.39, 0.29) is 26.1 Å². The second-order valence-electron chi connectivity index (χ2n) is 12.0. The number of carbonyl (C=O) groups is 7. The van der Waals surface area contributed by atoms with Gasteiger partial charge in [-0.3, -0.25) is 33.8 Å². The van der Waals surface area contributed by atoms with Crippen molar-refractivity contribution < 1.29 is 64.2 Å². The minimum Gasteiger partial charge on any atom is -0.481 e. The highest BCUT2D eigenvalue weighted by atomic mass is 16.4. The summed E-state index contributed by atoms with van der Waals surface area (Å²) in [6.45, 7) is -1.80. The molecule has 1 aromatic rings. The number of urea groups is 1. The average molecular weight is 715 g/mol. The van der Waals surface area contributed by atoms with Crippen molar-refractivity contribution >= 4 is 41.8 Å². The van der Waals surface area contributed by atoms with E-state index in [1.807, 2.05) is 0 Å². The zero-order chi connectivity index (χ0) is 37.2. The van der Waals surface area contributed by atoms with Gasteiger partial charge in [0.05, 0.1) is 44.2 Å². The number of carboxylic acid groups (broad SMARTS) is 5. The van der Waals surface area contributed by atoms with Crippen molar-refractivity contribution in [2.75, 3.05) is 32.8 Å². The quantitative estimate of drug-likeness (QED) is 0.0534. The summed E-state index contributed by atoms with van der Waals surface area (Å²) in [5, 5.41) is 71.1. The van der Waals surface area contributed by atoms with Gasteiger partial charge in [-0.15, -0.1) is 5.10 Å². The molecule has 1 aliphatic carbocycles. The van der Waals surface area contributed by atoms with Gasteiger partial charge in [0.2, 0.25) is 5.91 Å². The van der Waals surface area contributed by atoms with Gasteiger partial charge in [-0.25, -0.2) is 14.3 Å². The van der Waals surface area contributed by atoms with Gasteiger partial charge in [-0.2, -0.15) is 0 Å². The normalized spacial score (nSPS) is 17.1. The number of carbonyl (C=O) groups excluding carboxylic acids is 2. The number of aromatic nitrogens is 3. The summed E-state index contributed by atoms with van der Waals surface area (Å²) in [6.07, 6.45) is 4.44. The van der Waals surface area contributed by atoms with E-state index in [1.54, 1.807) is 4.90 Å². The Balaban J connectivity index is 1.87. The smallest absolute Gasteiger partial charge is 0.326 e. The Morgan fingerprint density at radius 1 is 0.820 bits per heavy atom. The van der Waals surface area contributed by atoms with E-state index in [4.69, 9.17) is 10.2 Å². The Labute approximate surface area is 286 Å². The maximum absolute atomic E-state index is 12.5. The number of nitrogens with zero attached hydrogens (tertiary/aromatic N) is 5. The fourth-order valence-electron chi connectivity index (χ4n) is 5.81. The van der Waals surface area contributed by atoms with Crippen LogP contribution in [0.3, 0.4) is 0 Å². The summed E-state index contributed by atoms with van der Waals surface area (Å²) in [7, 11) is 0. The fourth-order valence-corrected chi connectivity index (χ4v) is 5.81. The summed E-state index contributed by atoms with van der Waals surface area (Å²) in [6, 6.07) is -3.98. The number of unbranched alkanes of at least 4 members (excludes halogenated alkanes) is 1. The van der Waals surface area contributed by atoms with Crippen molar-refractivity contribution in [2.45, 2.75) is 95.0 Å². The van der Waals surface area contributed by atoms with E-state index in [1.165, 1.54) is 15.8 Å². The zero-order valence-electron chi connectivity index (χ0n) is 27.5. The molecule has 1 saturated carbocycles. The third kappa shape index (κ3) is 15.6. The fraction of sp³-hybridized carbons (Fsp3) is 0.690. The molecular weight excluding hydrogens is 668 g/mol. The summed E-state index contributed by atoms with van der Waals surface area (Å²) < 4.78 is 1.27. The highest BCUT2D eigenvalue weighted by Gasteiger charge is 2.37. The monoisotopic (exact) mass is 714 g/mol. The molecular formula is C29H46N8O13. The van der Waals surface area contributed by atoms with E-state index in [9.17, 15) is 54.0 Å². The number of hydrogen-bond acceptors (Lipinski definition) is 12. The molecule has 2 unspecified atom stereocenters. The molecule has 0 aromatic carbocycles. The molecule has 21 nitrogen and oxygen atoms in total. The van der Waals surface area contributed by atoms with Crippen LogP contribution < -0.4 is 16.0 Å². The van der Waals surface area contributed by atoms with Gasteiger partial charge in [-0.1, -0.05) is 18.1 Å². The molecule has 0 radical (unpaired) electrons. The van der Waals surface area contributed by atoms with Crippen LogP contribution in [0.5, 0.6) is 0 Å². The molecule has 2 rings (SSSR count). The Kier molecular flexibility index (Phi) is 17.5. The second kappa shape index (κ2) is 21.3. The molecule has 1 heterocycles. The predicted octanol–water partition coefficient (Wildman–Crippen LogP) is -1.79. The average Bonchev–Trinajstić information content (AvgIpc) is 3.47. The van der Waals surface area contributed by atoms with Crippen molar-refractivity contribution in [1.29, 1.82) is 0 Å². The zero-order valence-corrected chi connectivity index (χ0v) is 27.5. The first-order chi connectivity index (χ1) is 23.7. The van der Waals surface area contributed by atoms with Crippen molar-refractivity contribution in [1.82, 2.24) is 40.7 Å². The van der Waals surface area contributed by atoms with Crippen LogP contribution in [0.4, 0.5) is 4.79 Å². The Morgan fingerprint density at radius 3 is 1.98 bits per heavy atom. The highest BCUT2D eigenvalue weighted by Crippen LogP contribution is 2.28. The van der Waals surface area contributed by atoms with Gasteiger partial charge in [0, 0.05) is 31.6 Å². The SMILES string of the molecule is O=C(O)CC[C@H](NC(=O)N[C@H](CO)CCCCNC(=O)Cn1cc(CN(CC(=O)O)C2CCCCC2N(CC(=O)O)CC(=O)O)nn1)C(=O)O. The minimum atomic E-state index is -1.42. The van der Waals surface area contributed by atoms with Gasteiger partial charge in [-0.05, 0) is 38.5 Å². The van der Waals surface area contributed by atoms with Crippen LogP contribution >= 0.6 is 0 Å². The summed E-state index contributed by atoms with van der Waals surface area (Å²) >= 11 is 0. The molecule has 1 aromatic heterocycles. The number of carboxylic acids is 5. The number of nitrogens with one attached hydrogen (secondary N) is 3. The third-order valence-corrected chi connectivity index (χ3v) is 8.01. The Morgan fingerprint density at radius 2 is 1.42 bits per heavy atom. The van der Waals surface area contributed by atoms with E-state index in [0.29, 0.717) is 37.8 Å². The van der Waals surface area contributed by atoms with E-state index in [2.05, 4.69) is 26.3 Å². The van der Waals surface area contributed by atoms with Crippen LogP contribution in [0.2, 0.25) is 0 Å². The number of aliphatic hydroxyl groups is 1. The number of aliphatic hydroxyl groups excluding tert-OH is 1. The first-order valence-electron chi connectivity index (χ1n) is 16.1. The van der Waals surface area contributed by atoms with Crippen LogP contribution in [0.15, 0.2) is 6.20 Å². The molecule has 50 heavy (non-hydrogen) atoms. The molecule has 0 aliphatic heterocycles. The van der Waals surface area contributed by atoms with Gasteiger partial charge in [0.1, 0.15) is 12.6 Å². The molecule has 0 spiro atoms. The van der Waals surface area contributed by atoms with Crippen LogP contribution in [0, 0.1) is 0 Å². The minimum absolute atomic E-state index is 0.0143. The lowest BCUT2D eigenvalue weighted by Gasteiger charge is -2.43. The third-order valence-electron chi connectivity index (χ3n) is 8.01. The van der Waals surface area contributed by atoms with Crippen molar-refractivity contribution in [2.24, 2.45) is 0 Å². The second-order valence-corrected chi connectivity index (χ2v) is 12.0. The summed E-state index contributed by atoms with van der Waals surface area (Å²) in [4.78, 5) is 84.3. The van der Waals surface area contributed by atoms with Crippen LogP contribution in [-0.4, -0.2) is 154 Å². The first kappa shape index (κ1) is 41.3. The van der Waals surface area contributed by atoms with Crippen LogP contribution in [-0.2, 0) is 41.9 Å². The lowest BCUT2D eigenvalue weighted by atomic mass is 9.87. The van der Waals surface area contributed by atoms with Gasteiger partial charge in [0.25, 0.3) is 0 Å². The number of rotatable bonds is 24. The first-order valence-corrected chi connectivity index (χ1v) is 16.1. The van der Waals surface area contributed by atoms with E-state index < -0.39 is 98.6 Å². The maximum Gasteiger partial charge on any atom is 0.326 e. The lowest BCUT2D eigenvalue weighted by molar-refractivity contribution is -0.146. The molecule has 0 saturated heterocycles. The van der Waals surface area contributed by atoms with Gasteiger partial charge >= 0.3 is 35.9 Å². The van der Waals surface area contributed by atoms with E-state index in [0.717, 1.165) is 12.8 Å². The highest BCUT2D eigenvalue weighted by molar-refractivity contribution is 5.83. The lowest BCUT2D eigenvalue weighted by Crippen LogP contribution is -2.56. The topological polar surface area (TPSA) is 314 Å². The van der Waals surface area contributed by atoms with Crippen molar-refractivity contribution in [3.63, 3.8) is 0 Å². The number of amides is 3. The maximum atomic E-state index is 12.5. The summed E-state index contributed by atoms with van der Waals surface area (Å²) in [5.41, 5.74) is 0.356. The standard InChI is InChI=1S/C29H46N8O13/c38-17-18(31-29(50)32-20(28(48)49)8-9-24(40)41)5-3-4-10-30-23(39)13-37-12-19(33-34-37)11-35(14-25(42)43)21-6-1-2-7-22(21)36(15-26(44)45)16-27(46)47/h12,18,20-22,38H,1-11,13-17H2,(H,30,39)(H,40,41)(H,42,43)(H,44,45)(H,46,47)(H,48,49)(H2,31,32,50)/t18-,20-,21?,22?/m0/s1. The molecule has 1 fully saturated rings. The van der Waals surface area contributed by atoms with Crippen LogP contribution in [0.1, 0.15) is 63.5 Å². The number of aliphatic carboxylic acids is 5. The van der Waals surface area contributed by atoms with E-state index >= 15 is 0 Å². The molecule has 280 valence electrons. The molecule has 4 atom stereocenters. The molecule has 3 amide bonds. The Bertz CT molecular complexity index is 1310. The van der Waals surface area contributed by atoms with Gasteiger partial charge < -0.3 is 46.6 Å². The van der Waals surface area contributed by atoms with Crippen LogP contribution in [0.25, 0.3) is 0 Å². The predicted molar refractivity (Wildman–Crippen MR) is 169 cm³/mol. The molecule has 9 N–H and O–H groups in total. The summed E-state index contributed by atoms with van der Waals surface area (Å²) in [5.74, 6) is -6.53. The molecule has 21 heteroatoms. The largest absolute Gasteiger partial charge is 0.481 e. The van der Waals surface area contributed by atoms with Crippen molar-refractivity contribution in [3.05, 3.63) is 11.9 Å². The van der Waals surface area contributed by atoms with Crippen molar-refractivity contribution in [3.8, 4) is 0 Å². The van der Waals surface area contributed by atoms with Gasteiger partial charge in [0.15, 0.2) is 0 Å². The molecule has 1 aliphatic rings. The number of hydrogen-bond donors (Lipinski definition) is 9.